The van der Waals surface area contributed by atoms with E-state index in [1.807, 2.05) is 25.1 Å². The fourth-order valence-electron chi connectivity index (χ4n) is 4.35. The van der Waals surface area contributed by atoms with E-state index in [0.29, 0.717) is 17.6 Å². The van der Waals surface area contributed by atoms with Crippen LogP contribution in [-0.4, -0.2) is 27.3 Å². The zero-order valence-electron chi connectivity index (χ0n) is 19.3. The van der Waals surface area contributed by atoms with Crippen molar-refractivity contribution in [2.75, 3.05) is 5.75 Å². The predicted octanol–water partition coefficient (Wildman–Crippen LogP) is 5.00. The number of thiophene rings is 1. The van der Waals surface area contributed by atoms with Crippen molar-refractivity contribution in [3.63, 3.8) is 0 Å². The fourth-order valence-corrected chi connectivity index (χ4v) is 6.60. The quantitative estimate of drug-likeness (QED) is 0.265. The van der Waals surface area contributed by atoms with Crippen LogP contribution in [0.3, 0.4) is 0 Å². The molecule has 33 heavy (non-hydrogen) atoms. The Morgan fingerprint density at radius 2 is 2.18 bits per heavy atom. The first-order chi connectivity index (χ1) is 16.0. The van der Waals surface area contributed by atoms with Gasteiger partial charge in [0, 0.05) is 17.5 Å². The normalized spacial score (nSPS) is 16.4. The molecule has 2 heterocycles. The number of nitrogens with zero attached hydrogens (tertiary/aromatic N) is 2. The molecule has 4 rings (SSSR count). The number of thioether (sulfide) groups is 1. The third-order valence-corrected chi connectivity index (χ3v) is 8.27. The van der Waals surface area contributed by atoms with Crippen molar-refractivity contribution in [3.05, 3.63) is 69.3 Å². The van der Waals surface area contributed by atoms with Gasteiger partial charge in [-0.1, -0.05) is 55.1 Å². The molecule has 1 N–H and O–H groups in total. The molecule has 2 atom stereocenters. The van der Waals surface area contributed by atoms with Crippen LogP contribution in [0.15, 0.2) is 52.9 Å². The van der Waals surface area contributed by atoms with Crippen LogP contribution in [0, 0.1) is 5.92 Å². The summed E-state index contributed by atoms with van der Waals surface area (Å²) in [6, 6.07) is 10.4. The first-order valence-electron chi connectivity index (χ1n) is 11.6. The van der Waals surface area contributed by atoms with Gasteiger partial charge in [0.25, 0.3) is 5.56 Å². The smallest absolute Gasteiger partial charge is 0.263 e. The molecule has 1 aliphatic carbocycles. The maximum atomic E-state index is 13.4. The van der Waals surface area contributed by atoms with Gasteiger partial charge in [-0.15, -0.1) is 17.9 Å². The van der Waals surface area contributed by atoms with Gasteiger partial charge in [-0.2, -0.15) is 0 Å². The van der Waals surface area contributed by atoms with Crippen LogP contribution in [0.25, 0.3) is 10.2 Å². The number of allylic oxidation sites excluding steroid dienone is 1. The Hall–Kier alpha value is -2.38. The standard InChI is InChI=1S/C26H31N3O2S2/c1-4-14-29-25(31)23-20-13-10-17(2)15-21(20)33-24(23)28-26(29)32-16-22(30)27-18(3)11-12-19-8-6-5-7-9-19/h4-9,17-18H,1,10-16H2,2-3H3,(H,27,30). The van der Waals surface area contributed by atoms with Crippen LogP contribution >= 0.6 is 23.1 Å². The highest BCUT2D eigenvalue weighted by molar-refractivity contribution is 7.99. The fraction of sp³-hybridized carbons (Fsp3) is 0.423. The molecular formula is C26H31N3O2S2. The van der Waals surface area contributed by atoms with Gasteiger partial charge < -0.3 is 5.32 Å². The molecule has 0 saturated heterocycles. The zero-order chi connectivity index (χ0) is 23.4. The van der Waals surface area contributed by atoms with E-state index in [2.05, 4.69) is 31.0 Å². The number of carbonyl (C=O) groups is 1. The average molecular weight is 482 g/mol. The molecule has 174 valence electrons. The number of fused-ring (bicyclic) bond motifs is 3. The second-order valence-electron chi connectivity index (χ2n) is 8.91. The number of hydrogen-bond acceptors (Lipinski definition) is 5. The molecule has 3 aromatic rings. The van der Waals surface area contributed by atoms with Crippen LogP contribution in [0.4, 0.5) is 0 Å². The highest BCUT2D eigenvalue weighted by atomic mass is 32.2. The van der Waals surface area contributed by atoms with Crippen molar-refractivity contribution in [1.29, 1.82) is 0 Å². The van der Waals surface area contributed by atoms with Crippen LogP contribution in [0.2, 0.25) is 0 Å². The maximum absolute atomic E-state index is 13.4. The van der Waals surface area contributed by atoms with Crippen molar-refractivity contribution >= 4 is 39.2 Å². The molecular weight excluding hydrogens is 450 g/mol. The number of hydrogen-bond donors (Lipinski definition) is 1. The molecule has 1 amide bonds. The summed E-state index contributed by atoms with van der Waals surface area (Å²) in [4.78, 5) is 32.9. The van der Waals surface area contributed by atoms with Crippen molar-refractivity contribution in [2.24, 2.45) is 5.92 Å². The molecule has 2 unspecified atom stereocenters. The summed E-state index contributed by atoms with van der Waals surface area (Å²) in [6.45, 7) is 8.49. The first kappa shape index (κ1) is 23.8. The minimum Gasteiger partial charge on any atom is -0.353 e. The largest absolute Gasteiger partial charge is 0.353 e. The summed E-state index contributed by atoms with van der Waals surface area (Å²) in [7, 11) is 0. The third kappa shape index (κ3) is 5.58. The maximum Gasteiger partial charge on any atom is 0.263 e. The number of aromatic nitrogens is 2. The first-order valence-corrected chi connectivity index (χ1v) is 13.4. The van der Waals surface area contributed by atoms with Crippen LogP contribution in [0.1, 0.15) is 42.7 Å². The van der Waals surface area contributed by atoms with Crippen LogP contribution in [-0.2, 0) is 30.6 Å². The Morgan fingerprint density at radius 3 is 2.94 bits per heavy atom. The van der Waals surface area contributed by atoms with Crippen LogP contribution in [0.5, 0.6) is 0 Å². The molecule has 5 nitrogen and oxygen atoms in total. The topological polar surface area (TPSA) is 64.0 Å². The van der Waals surface area contributed by atoms with Crippen molar-refractivity contribution in [2.45, 2.75) is 63.7 Å². The predicted molar refractivity (Wildman–Crippen MR) is 138 cm³/mol. The van der Waals surface area contributed by atoms with Gasteiger partial charge in [-0.25, -0.2) is 4.98 Å². The Morgan fingerprint density at radius 1 is 1.39 bits per heavy atom. The number of amides is 1. The van der Waals surface area contributed by atoms with Gasteiger partial charge in [0.15, 0.2) is 5.16 Å². The van der Waals surface area contributed by atoms with Gasteiger partial charge in [-0.3, -0.25) is 14.2 Å². The van der Waals surface area contributed by atoms with E-state index in [0.717, 1.165) is 42.3 Å². The summed E-state index contributed by atoms with van der Waals surface area (Å²) < 4.78 is 1.66. The van der Waals surface area contributed by atoms with E-state index < -0.39 is 0 Å². The molecule has 0 radical (unpaired) electrons. The van der Waals surface area contributed by atoms with Crippen LogP contribution < -0.4 is 10.9 Å². The molecule has 0 saturated carbocycles. The van der Waals surface area contributed by atoms with Gasteiger partial charge >= 0.3 is 0 Å². The second kappa shape index (κ2) is 10.7. The summed E-state index contributed by atoms with van der Waals surface area (Å²) >= 11 is 2.97. The summed E-state index contributed by atoms with van der Waals surface area (Å²) in [6.07, 6.45) is 6.59. The van der Waals surface area contributed by atoms with Gasteiger partial charge in [0.05, 0.1) is 11.1 Å². The number of benzene rings is 1. The monoisotopic (exact) mass is 481 g/mol. The Kier molecular flexibility index (Phi) is 7.71. The number of carbonyl (C=O) groups excluding carboxylic acids is 1. The number of rotatable bonds is 9. The molecule has 0 aliphatic heterocycles. The lowest BCUT2D eigenvalue weighted by atomic mass is 9.89. The SMILES string of the molecule is C=CCn1c(SCC(=O)NC(C)CCc2ccccc2)nc2sc3c(c2c1=O)CCC(C)C3. The molecule has 0 spiro atoms. The van der Waals surface area contributed by atoms with Gasteiger partial charge in [0.1, 0.15) is 4.83 Å². The zero-order valence-corrected chi connectivity index (χ0v) is 20.9. The average Bonchev–Trinajstić information content (AvgIpc) is 3.16. The van der Waals surface area contributed by atoms with Crippen molar-refractivity contribution in [1.82, 2.24) is 14.9 Å². The molecule has 1 aromatic carbocycles. The van der Waals surface area contributed by atoms with E-state index >= 15 is 0 Å². The summed E-state index contributed by atoms with van der Waals surface area (Å²) in [5.41, 5.74) is 2.45. The lowest BCUT2D eigenvalue weighted by molar-refractivity contribution is -0.119. The molecule has 0 fully saturated rings. The second-order valence-corrected chi connectivity index (χ2v) is 10.9. The molecule has 7 heteroatoms. The van der Waals surface area contributed by atoms with Crippen molar-refractivity contribution < 1.29 is 4.79 Å². The molecule has 2 aromatic heterocycles. The Labute approximate surface area is 203 Å². The van der Waals surface area contributed by atoms with Gasteiger partial charge in [-0.05, 0) is 56.1 Å². The van der Waals surface area contributed by atoms with E-state index in [4.69, 9.17) is 4.98 Å². The van der Waals surface area contributed by atoms with Gasteiger partial charge in [0.2, 0.25) is 5.91 Å². The van der Waals surface area contributed by atoms with E-state index in [-0.39, 0.29) is 23.3 Å². The Balaban J connectivity index is 1.45. The summed E-state index contributed by atoms with van der Waals surface area (Å²) in [5, 5.41) is 4.44. The molecule has 1 aliphatic rings. The minimum absolute atomic E-state index is 0.00825. The Bertz CT molecular complexity index is 1200. The minimum atomic E-state index is -0.0423. The molecule has 0 bridgehead atoms. The van der Waals surface area contributed by atoms with Crippen molar-refractivity contribution in [3.8, 4) is 0 Å². The lowest BCUT2D eigenvalue weighted by Crippen LogP contribution is -2.34. The number of nitrogens with one attached hydrogen (secondary N) is 1. The van der Waals surface area contributed by atoms with E-state index in [9.17, 15) is 9.59 Å². The highest BCUT2D eigenvalue weighted by Gasteiger charge is 2.24. The third-order valence-electron chi connectivity index (χ3n) is 6.14. The summed E-state index contributed by atoms with van der Waals surface area (Å²) in [5.74, 6) is 0.828. The van der Waals surface area contributed by atoms with E-state index in [1.54, 1.807) is 22.0 Å². The highest BCUT2D eigenvalue weighted by Crippen LogP contribution is 2.36. The number of aryl methyl sites for hydroxylation is 2. The van der Waals surface area contributed by atoms with E-state index in [1.165, 1.54) is 27.8 Å². The lowest BCUT2D eigenvalue weighted by Gasteiger charge is -2.17.